The van der Waals surface area contributed by atoms with Crippen LogP contribution < -0.4 is 0 Å². The van der Waals surface area contributed by atoms with Gasteiger partial charge in [0.15, 0.2) is 0 Å². The van der Waals surface area contributed by atoms with Crippen molar-refractivity contribution in [1.29, 1.82) is 0 Å². The first-order valence-corrected chi connectivity index (χ1v) is 10.5. The molecule has 0 spiro atoms. The Morgan fingerprint density at radius 1 is 0.938 bits per heavy atom. The molecule has 1 heterocycles. The predicted octanol–water partition coefficient (Wildman–Crippen LogP) is 6.71. The summed E-state index contributed by atoms with van der Waals surface area (Å²) in [5, 5.41) is 0.336. The first-order chi connectivity index (χ1) is 15.3. The molecule has 0 bridgehead atoms. The van der Waals surface area contributed by atoms with Gasteiger partial charge in [0, 0.05) is 23.8 Å². The topological polar surface area (TPSA) is 9.23 Å². The van der Waals surface area contributed by atoms with Crippen LogP contribution in [0.2, 0.25) is 0 Å². The van der Waals surface area contributed by atoms with E-state index in [9.17, 15) is 22.0 Å². The molecule has 0 N–H and O–H groups in total. The van der Waals surface area contributed by atoms with E-state index in [2.05, 4.69) is 24.3 Å². The number of rotatable bonds is 4. The molecule has 1 aliphatic heterocycles. The molecule has 1 atom stereocenters. The fourth-order valence-electron chi connectivity index (χ4n) is 4.03. The predicted molar refractivity (Wildman–Crippen MR) is 113 cm³/mol. The van der Waals surface area contributed by atoms with Gasteiger partial charge in [0.2, 0.25) is 0 Å². The Balaban J connectivity index is 1.48. The maximum absolute atomic E-state index is 14.6. The van der Waals surface area contributed by atoms with Crippen LogP contribution >= 0.6 is 0 Å². The van der Waals surface area contributed by atoms with Gasteiger partial charge in [0.05, 0.1) is 12.2 Å². The van der Waals surface area contributed by atoms with Crippen molar-refractivity contribution < 1.29 is 26.7 Å². The zero-order valence-corrected chi connectivity index (χ0v) is 17.2. The third kappa shape index (κ3) is 5.28. The van der Waals surface area contributed by atoms with Gasteiger partial charge < -0.3 is 4.74 Å². The summed E-state index contributed by atoms with van der Waals surface area (Å²) >= 11 is 0. The molecule has 6 heteroatoms. The molecule has 3 aromatic carbocycles. The van der Waals surface area contributed by atoms with Gasteiger partial charge >= 0.3 is 6.18 Å². The first kappa shape index (κ1) is 22.3. The van der Waals surface area contributed by atoms with Crippen LogP contribution in [0, 0.1) is 23.5 Å². The molecule has 0 amide bonds. The quantitative estimate of drug-likeness (QED) is 0.321. The number of hydrogen-bond acceptors (Lipinski definition) is 1. The third-order valence-electron chi connectivity index (χ3n) is 5.74. The van der Waals surface area contributed by atoms with Crippen molar-refractivity contribution in [3.05, 3.63) is 82.4 Å². The van der Waals surface area contributed by atoms with Gasteiger partial charge in [-0.15, -0.1) is 0 Å². The number of fused-ring (bicyclic) bond motifs is 1. The maximum atomic E-state index is 14.6. The second kappa shape index (κ2) is 9.30. The van der Waals surface area contributed by atoms with Gasteiger partial charge in [-0.2, -0.15) is 13.2 Å². The minimum atomic E-state index is -4.82. The summed E-state index contributed by atoms with van der Waals surface area (Å²) in [6.45, 7) is 1.59. The van der Waals surface area contributed by atoms with Crippen molar-refractivity contribution >= 4 is 10.8 Å². The summed E-state index contributed by atoms with van der Waals surface area (Å²) < 4.78 is 71.2. The standard InChI is InChI=1S/C26H21F5O/c27-24-15-21-14-18(7-10-22(21)25(28)23(24)11-12-26(29,30)31)4-3-17-5-8-19(9-6-17)20-2-1-13-32-16-20/h5-10,14-15,20H,1-4,13,16H2. The molecule has 1 unspecified atom stereocenters. The molecule has 0 aliphatic carbocycles. The zero-order valence-electron chi connectivity index (χ0n) is 17.2. The van der Waals surface area contributed by atoms with E-state index in [1.165, 1.54) is 11.6 Å². The van der Waals surface area contributed by atoms with Crippen molar-refractivity contribution in [2.45, 2.75) is 37.8 Å². The molecule has 1 fully saturated rings. The van der Waals surface area contributed by atoms with Gasteiger partial charge in [0.25, 0.3) is 0 Å². The number of aryl methyl sites for hydroxylation is 2. The number of ether oxygens (including phenoxy) is 1. The highest BCUT2D eigenvalue weighted by molar-refractivity contribution is 5.85. The lowest BCUT2D eigenvalue weighted by molar-refractivity contribution is -0.0696. The molecular formula is C26H21F5O. The Morgan fingerprint density at radius 2 is 1.66 bits per heavy atom. The summed E-state index contributed by atoms with van der Waals surface area (Å²) in [6.07, 6.45) is -1.19. The second-order valence-electron chi connectivity index (χ2n) is 8.01. The van der Waals surface area contributed by atoms with Crippen molar-refractivity contribution in [1.82, 2.24) is 0 Å². The molecule has 0 saturated carbocycles. The lowest BCUT2D eigenvalue weighted by Crippen LogP contribution is -2.15. The highest BCUT2D eigenvalue weighted by atomic mass is 19.4. The summed E-state index contributed by atoms with van der Waals surface area (Å²) in [4.78, 5) is 0. The largest absolute Gasteiger partial charge is 0.458 e. The van der Waals surface area contributed by atoms with Crippen LogP contribution in [-0.4, -0.2) is 19.4 Å². The SMILES string of the molecule is Fc1cc2cc(CCc3ccc(C4CCCOC4)cc3)ccc2c(F)c1C#CC(F)(F)F. The van der Waals surface area contributed by atoms with Crippen LogP contribution in [0.3, 0.4) is 0 Å². The van der Waals surface area contributed by atoms with Crippen molar-refractivity contribution in [2.75, 3.05) is 13.2 Å². The second-order valence-corrected chi connectivity index (χ2v) is 8.01. The Bertz CT molecular complexity index is 1160. The zero-order chi connectivity index (χ0) is 22.7. The molecule has 4 rings (SSSR count). The van der Waals surface area contributed by atoms with E-state index in [-0.39, 0.29) is 5.39 Å². The molecule has 3 aromatic rings. The van der Waals surface area contributed by atoms with Gasteiger partial charge in [-0.25, -0.2) is 8.78 Å². The Kier molecular flexibility index (Phi) is 6.48. The Hall–Kier alpha value is -2.91. The Labute approximate surface area is 183 Å². The van der Waals surface area contributed by atoms with E-state index < -0.39 is 23.4 Å². The third-order valence-corrected chi connectivity index (χ3v) is 5.74. The van der Waals surface area contributed by atoms with Gasteiger partial charge in [-0.3, -0.25) is 0 Å². The minimum Gasteiger partial charge on any atom is -0.381 e. The minimum absolute atomic E-state index is 0.0423. The molecule has 32 heavy (non-hydrogen) atoms. The van der Waals surface area contributed by atoms with Gasteiger partial charge in [0.1, 0.15) is 11.6 Å². The molecule has 0 aromatic heterocycles. The van der Waals surface area contributed by atoms with Crippen LogP contribution in [0.25, 0.3) is 10.8 Å². The summed E-state index contributed by atoms with van der Waals surface area (Å²) in [5.41, 5.74) is 2.44. The monoisotopic (exact) mass is 444 g/mol. The maximum Gasteiger partial charge on any atom is 0.458 e. The summed E-state index contributed by atoms with van der Waals surface area (Å²) in [6, 6.07) is 14.3. The lowest BCUT2D eigenvalue weighted by Gasteiger charge is -2.22. The van der Waals surface area contributed by atoms with E-state index in [1.54, 1.807) is 18.1 Å². The van der Waals surface area contributed by atoms with Crippen LogP contribution in [0.1, 0.15) is 41.0 Å². The molecule has 0 radical (unpaired) electrons. The highest BCUT2D eigenvalue weighted by Gasteiger charge is 2.24. The number of alkyl halides is 3. The Morgan fingerprint density at radius 3 is 2.34 bits per heavy atom. The van der Waals surface area contributed by atoms with Crippen LogP contribution in [-0.2, 0) is 17.6 Å². The first-order valence-electron chi connectivity index (χ1n) is 10.5. The molecule has 1 aliphatic rings. The van der Waals surface area contributed by atoms with E-state index in [0.717, 1.165) is 55.6 Å². The number of halogens is 5. The van der Waals surface area contributed by atoms with Crippen LogP contribution in [0.5, 0.6) is 0 Å². The van der Waals surface area contributed by atoms with Gasteiger partial charge in [-0.1, -0.05) is 48.4 Å². The normalized spacial score (nSPS) is 16.6. The fourth-order valence-corrected chi connectivity index (χ4v) is 4.03. The average Bonchev–Trinajstić information content (AvgIpc) is 2.77. The van der Waals surface area contributed by atoms with E-state index in [1.807, 2.05) is 0 Å². The van der Waals surface area contributed by atoms with Crippen LogP contribution in [0.15, 0.2) is 48.5 Å². The average molecular weight is 444 g/mol. The van der Waals surface area contributed by atoms with Crippen molar-refractivity contribution in [3.8, 4) is 11.8 Å². The van der Waals surface area contributed by atoms with E-state index >= 15 is 0 Å². The van der Waals surface area contributed by atoms with Gasteiger partial charge in [-0.05, 0) is 53.8 Å². The lowest BCUT2D eigenvalue weighted by atomic mass is 9.92. The highest BCUT2D eigenvalue weighted by Crippen LogP contribution is 2.27. The van der Waals surface area contributed by atoms with E-state index in [0.29, 0.717) is 17.7 Å². The van der Waals surface area contributed by atoms with E-state index in [4.69, 9.17) is 4.74 Å². The summed E-state index contributed by atoms with van der Waals surface area (Å²) in [7, 11) is 0. The number of hydrogen-bond donors (Lipinski definition) is 0. The van der Waals surface area contributed by atoms with Crippen LogP contribution in [0.4, 0.5) is 22.0 Å². The number of benzene rings is 3. The smallest absolute Gasteiger partial charge is 0.381 e. The van der Waals surface area contributed by atoms with Crippen molar-refractivity contribution in [2.24, 2.45) is 0 Å². The molecule has 1 nitrogen and oxygen atoms in total. The molecule has 166 valence electrons. The van der Waals surface area contributed by atoms with Crippen molar-refractivity contribution in [3.63, 3.8) is 0 Å². The molecule has 1 saturated heterocycles. The molecular weight excluding hydrogens is 423 g/mol. The fraction of sp³-hybridized carbons (Fsp3) is 0.308. The summed E-state index contributed by atoms with van der Waals surface area (Å²) in [5.74, 6) is 0.747.